The second-order valence-corrected chi connectivity index (χ2v) is 4.82. The zero-order chi connectivity index (χ0) is 11.5. The lowest BCUT2D eigenvalue weighted by molar-refractivity contribution is 0.179. The molecule has 0 aromatic heterocycles. The first-order chi connectivity index (χ1) is 7.70. The lowest BCUT2D eigenvalue weighted by Gasteiger charge is -2.21. The fraction of sp³-hybridized carbons (Fsp3) is 0.538. The first kappa shape index (κ1) is 11.7. The molecule has 1 aromatic rings. The molecule has 2 atom stereocenters. The lowest BCUT2D eigenvalue weighted by atomic mass is 10.2. The minimum absolute atomic E-state index is 0.255. The van der Waals surface area contributed by atoms with Crippen molar-refractivity contribution in [1.29, 1.82) is 0 Å². The molecule has 0 radical (unpaired) electrons. The van der Waals surface area contributed by atoms with Crippen LogP contribution >= 0.6 is 11.6 Å². The summed E-state index contributed by atoms with van der Waals surface area (Å²) >= 11 is 6.15. The zero-order valence-corrected chi connectivity index (χ0v) is 10.6. The molecule has 0 heterocycles. The molecule has 0 spiro atoms. The van der Waals surface area contributed by atoms with Crippen LogP contribution in [0.4, 0.5) is 0 Å². The molecule has 0 saturated heterocycles. The van der Waals surface area contributed by atoms with E-state index in [1.165, 1.54) is 12.8 Å². The maximum absolute atomic E-state index is 6.15. The number of ether oxygens (including phenoxy) is 1. The van der Waals surface area contributed by atoms with E-state index in [-0.39, 0.29) is 6.10 Å². The van der Waals surface area contributed by atoms with Crippen LogP contribution in [-0.2, 0) is 0 Å². The number of rotatable bonds is 3. The van der Waals surface area contributed by atoms with Gasteiger partial charge in [-0.25, -0.2) is 0 Å². The topological polar surface area (TPSA) is 21.3 Å². The van der Waals surface area contributed by atoms with Crippen LogP contribution in [0.5, 0.6) is 5.75 Å². The van der Waals surface area contributed by atoms with Gasteiger partial charge in [0.1, 0.15) is 11.9 Å². The Bertz CT molecular complexity index is 367. The average Bonchev–Trinajstić information content (AvgIpc) is 2.69. The Morgan fingerprint density at radius 3 is 2.88 bits per heavy atom. The van der Waals surface area contributed by atoms with Crippen molar-refractivity contribution in [2.75, 3.05) is 7.05 Å². The Hall–Kier alpha value is -0.730. The van der Waals surface area contributed by atoms with Crippen molar-refractivity contribution in [3.63, 3.8) is 0 Å². The van der Waals surface area contributed by atoms with Crippen molar-refractivity contribution in [2.45, 2.75) is 38.3 Å². The summed E-state index contributed by atoms with van der Waals surface area (Å²) in [7, 11) is 1.99. The SMILES string of the molecule is CNC1CCCC1Oc1ccc(C)cc1Cl. The molecular formula is C13H18ClNO. The molecule has 3 heteroatoms. The quantitative estimate of drug-likeness (QED) is 0.875. The third-order valence-electron chi connectivity index (χ3n) is 3.19. The molecule has 0 amide bonds. The van der Waals surface area contributed by atoms with Crippen molar-refractivity contribution in [3.05, 3.63) is 28.8 Å². The van der Waals surface area contributed by atoms with Gasteiger partial charge in [0.15, 0.2) is 0 Å². The third-order valence-corrected chi connectivity index (χ3v) is 3.48. The van der Waals surface area contributed by atoms with Crippen LogP contribution in [0.3, 0.4) is 0 Å². The third kappa shape index (κ3) is 2.50. The molecule has 2 unspecified atom stereocenters. The molecular weight excluding hydrogens is 222 g/mol. The number of benzene rings is 1. The number of nitrogens with one attached hydrogen (secondary N) is 1. The number of hydrogen-bond donors (Lipinski definition) is 1. The molecule has 2 rings (SSSR count). The van der Waals surface area contributed by atoms with Gasteiger partial charge >= 0.3 is 0 Å². The predicted octanol–water partition coefficient (Wildman–Crippen LogP) is 3.17. The van der Waals surface area contributed by atoms with Gasteiger partial charge in [-0.15, -0.1) is 0 Å². The van der Waals surface area contributed by atoms with Gasteiger partial charge in [0.05, 0.1) is 5.02 Å². The molecule has 0 bridgehead atoms. The summed E-state index contributed by atoms with van der Waals surface area (Å²) in [6, 6.07) is 6.39. The maximum atomic E-state index is 6.15. The van der Waals surface area contributed by atoms with Gasteiger partial charge < -0.3 is 10.1 Å². The van der Waals surface area contributed by atoms with Crippen molar-refractivity contribution in [1.82, 2.24) is 5.32 Å². The van der Waals surface area contributed by atoms with Gasteiger partial charge in [-0.2, -0.15) is 0 Å². The fourth-order valence-corrected chi connectivity index (χ4v) is 2.54. The Balaban J connectivity index is 2.08. The fourth-order valence-electron chi connectivity index (χ4n) is 2.26. The number of aryl methyl sites for hydroxylation is 1. The van der Waals surface area contributed by atoms with E-state index >= 15 is 0 Å². The summed E-state index contributed by atoms with van der Waals surface area (Å²) in [6.07, 6.45) is 3.77. The van der Waals surface area contributed by atoms with Crippen LogP contribution in [-0.4, -0.2) is 19.2 Å². The van der Waals surface area contributed by atoms with Gasteiger partial charge in [0, 0.05) is 6.04 Å². The molecule has 0 aliphatic heterocycles. The van der Waals surface area contributed by atoms with E-state index in [0.29, 0.717) is 11.1 Å². The van der Waals surface area contributed by atoms with E-state index in [0.717, 1.165) is 17.7 Å². The van der Waals surface area contributed by atoms with Crippen molar-refractivity contribution in [3.8, 4) is 5.75 Å². The van der Waals surface area contributed by atoms with Gasteiger partial charge in [-0.1, -0.05) is 17.7 Å². The summed E-state index contributed by atoms with van der Waals surface area (Å²) in [5.41, 5.74) is 1.16. The van der Waals surface area contributed by atoms with E-state index in [9.17, 15) is 0 Å². The Labute approximate surface area is 102 Å². The highest BCUT2D eigenvalue weighted by Gasteiger charge is 2.27. The van der Waals surface area contributed by atoms with Crippen LogP contribution in [0.1, 0.15) is 24.8 Å². The molecule has 16 heavy (non-hydrogen) atoms. The summed E-state index contributed by atoms with van der Waals surface area (Å²) in [6.45, 7) is 2.03. The highest BCUT2D eigenvalue weighted by Crippen LogP contribution is 2.30. The zero-order valence-electron chi connectivity index (χ0n) is 9.79. The molecule has 1 aromatic carbocycles. The van der Waals surface area contributed by atoms with Gasteiger partial charge in [-0.3, -0.25) is 0 Å². The molecule has 2 nitrogen and oxygen atoms in total. The number of hydrogen-bond acceptors (Lipinski definition) is 2. The van der Waals surface area contributed by atoms with Gasteiger partial charge in [0.25, 0.3) is 0 Å². The minimum atomic E-state index is 0.255. The normalized spacial score (nSPS) is 24.7. The first-order valence-corrected chi connectivity index (χ1v) is 6.18. The number of likely N-dealkylation sites (N-methyl/N-ethyl adjacent to an activating group) is 1. The highest BCUT2D eigenvalue weighted by atomic mass is 35.5. The Kier molecular flexibility index (Phi) is 3.72. The smallest absolute Gasteiger partial charge is 0.138 e. The Morgan fingerprint density at radius 2 is 2.19 bits per heavy atom. The molecule has 1 saturated carbocycles. The van der Waals surface area contributed by atoms with Crippen LogP contribution in [0.15, 0.2) is 18.2 Å². The summed E-state index contributed by atoms with van der Waals surface area (Å²) < 4.78 is 5.97. The molecule has 1 aliphatic rings. The summed E-state index contributed by atoms with van der Waals surface area (Å²) in [5.74, 6) is 0.805. The second kappa shape index (κ2) is 5.07. The van der Waals surface area contributed by atoms with E-state index in [1.54, 1.807) is 0 Å². The number of halogens is 1. The molecule has 1 aliphatic carbocycles. The molecule has 1 N–H and O–H groups in total. The monoisotopic (exact) mass is 239 g/mol. The summed E-state index contributed by atoms with van der Waals surface area (Å²) in [4.78, 5) is 0. The average molecular weight is 240 g/mol. The van der Waals surface area contributed by atoms with Crippen molar-refractivity contribution < 1.29 is 4.74 Å². The Morgan fingerprint density at radius 1 is 1.38 bits per heavy atom. The van der Waals surface area contributed by atoms with Gasteiger partial charge in [0.2, 0.25) is 0 Å². The largest absolute Gasteiger partial charge is 0.487 e. The predicted molar refractivity (Wildman–Crippen MR) is 67.3 cm³/mol. The first-order valence-electron chi connectivity index (χ1n) is 5.81. The molecule has 1 fully saturated rings. The van der Waals surface area contributed by atoms with Crippen LogP contribution in [0.25, 0.3) is 0 Å². The van der Waals surface area contributed by atoms with E-state index in [4.69, 9.17) is 16.3 Å². The van der Waals surface area contributed by atoms with Crippen molar-refractivity contribution >= 4 is 11.6 Å². The van der Waals surface area contributed by atoms with Gasteiger partial charge in [-0.05, 0) is 50.9 Å². The lowest BCUT2D eigenvalue weighted by Crippen LogP contribution is -2.36. The van der Waals surface area contributed by atoms with Crippen LogP contribution < -0.4 is 10.1 Å². The maximum Gasteiger partial charge on any atom is 0.138 e. The van der Waals surface area contributed by atoms with Crippen molar-refractivity contribution in [2.24, 2.45) is 0 Å². The highest BCUT2D eigenvalue weighted by molar-refractivity contribution is 6.32. The van der Waals surface area contributed by atoms with Crippen LogP contribution in [0.2, 0.25) is 5.02 Å². The van der Waals surface area contributed by atoms with E-state index in [1.807, 2.05) is 32.2 Å². The van der Waals surface area contributed by atoms with Crippen LogP contribution in [0, 0.1) is 6.92 Å². The molecule has 88 valence electrons. The standard InChI is InChI=1S/C13H18ClNO/c1-9-6-7-12(10(14)8-9)16-13-5-3-4-11(13)15-2/h6-8,11,13,15H,3-5H2,1-2H3. The second-order valence-electron chi connectivity index (χ2n) is 4.42. The van der Waals surface area contributed by atoms with E-state index < -0.39 is 0 Å². The minimum Gasteiger partial charge on any atom is -0.487 e. The van der Waals surface area contributed by atoms with E-state index in [2.05, 4.69) is 5.32 Å². The summed E-state index contributed by atoms with van der Waals surface area (Å²) in [5, 5.41) is 4.01.